The molecule has 0 heterocycles. The van der Waals surface area contributed by atoms with Crippen LogP contribution in [0.1, 0.15) is 30.4 Å². The zero-order chi connectivity index (χ0) is 14.6. The molecule has 0 spiro atoms. The quantitative estimate of drug-likeness (QED) is 0.799. The van der Waals surface area contributed by atoms with E-state index in [1.807, 2.05) is 25.1 Å². The number of hydrogen-bond donors (Lipinski definition) is 2. The van der Waals surface area contributed by atoms with Gasteiger partial charge in [-0.15, -0.1) is 0 Å². The van der Waals surface area contributed by atoms with E-state index in [1.54, 1.807) is 7.11 Å². The number of methoxy groups -OCH3 is 1. The minimum atomic E-state index is 0.0121. The molecule has 2 N–H and O–H groups in total. The van der Waals surface area contributed by atoms with Gasteiger partial charge in [0.25, 0.3) is 0 Å². The van der Waals surface area contributed by atoms with Gasteiger partial charge in [0.15, 0.2) is 0 Å². The third-order valence-corrected chi connectivity index (χ3v) is 4.05. The molecule has 4 heteroatoms. The molecule has 110 valence electrons. The fraction of sp³-hybridized carbons (Fsp3) is 0.562. The second-order valence-electron chi connectivity index (χ2n) is 5.74. The highest BCUT2D eigenvalue weighted by molar-refractivity contribution is 5.79. The summed E-state index contributed by atoms with van der Waals surface area (Å²) in [5.41, 5.74) is 2.19. The van der Waals surface area contributed by atoms with Crippen molar-refractivity contribution < 1.29 is 14.6 Å². The van der Waals surface area contributed by atoms with Crippen molar-refractivity contribution in [2.24, 2.45) is 5.41 Å². The molecule has 0 radical (unpaired) electrons. The molecule has 1 aliphatic rings. The SMILES string of the molecule is COc1ccc(C)cc1CC(=O)NCC1(CCO)CC1. The lowest BCUT2D eigenvalue weighted by Gasteiger charge is -2.15. The van der Waals surface area contributed by atoms with E-state index >= 15 is 0 Å². The highest BCUT2D eigenvalue weighted by atomic mass is 16.5. The van der Waals surface area contributed by atoms with Crippen molar-refractivity contribution in [2.75, 3.05) is 20.3 Å². The van der Waals surface area contributed by atoms with Gasteiger partial charge in [0, 0.05) is 18.7 Å². The van der Waals surface area contributed by atoms with Crippen molar-refractivity contribution in [1.82, 2.24) is 5.32 Å². The third-order valence-electron chi connectivity index (χ3n) is 4.05. The van der Waals surface area contributed by atoms with Crippen LogP contribution in [0.25, 0.3) is 0 Å². The summed E-state index contributed by atoms with van der Waals surface area (Å²) in [5.74, 6) is 0.764. The maximum Gasteiger partial charge on any atom is 0.224 e. The zero-order valence-electron chi connectivity index (χ0n) is 12.2. The van der Waals surface area contributed by atoms with Crippen molar-refractivity contribution in [2.45, 2.75) is 32.6 Å². The number of aliphatic hydroxyl groups is 1. The van der Waals surface area contributed by atoms with Gasteiger partial charge < -0.3 is 15.2 Å². The first-order valence-electron chi connectivity index (χ1n) is 7.10. The lowest BCUT2D eigenvalue weighted by Crippen LogP contribution is -2.31. The van der Waals surface area contributed by atoms with Gasteiger partial charge in [-0.1, -0.05) is 17.7 Å². The van der Waals surface area contributed by atoms with Gasteiger partial charge in [-0.2, -0.15) is 0 Å². The van der Waals surface area contributed by atoms with Crippen LogP contribution in [-0.2, 0) is 11.2 Å². The molecule has 1 amide bonds. The van der Waals surface area contributed by atoms with E-state index in [1.165, 1.54) is 0 Å². The molecule has 0 atom stereocenters. The molecule has 1 fully saturated rings. The normalized spacial score (nSPS) is 15.8. The van der Waals surface area contributed by atoms with E-state index in [0.717, 1.165) is 36.1 Å². The molecule has 0 bridgehead atoms. The number of aryl methyl sites for hydroxylation is 1. The number of aliphatic hydroxyl groups excluding tert-OH is 1. The number of carbonyl (C=O) groups is 1. The van der Waals surface area contributed by atoms with Crippen molar-refractivity contribution in [3.63, 3.8) is 0 Å². The summed E-state index contributed by atoms with van der Waals surface area (Å²) >= 11 is 0. The topological polar surface area (TPSA) is 58.6 Å². The molecule has 1 aromatic carbocycles. The van der Waals surface area contributed by atoms with Gasteiger partial charge in [0.1, 0.15) is 5.75 Å². The summed E-state index contributed by atoms with van der Waals surface area (Å²) in [4.78, 5) is 12.0. The number of benzene rings is 1. The Balaban J connectivity index is 1.90. The Bertz CT molecular complexity index is 481. The van der Waals surface area contributed by atoms with Crippen molar-refractivity contribution in [3.8, 4) is 5.75 Å². The number of amides is 1. The van der Waals surface area contributed by atoms with Crippen LogP contribution in [0.5, 0.6) is 5.75 Å². The second-order valence-corrected chi connectivity index (χ2v) is 5.74. The second kappa shape index (κ2) is 6.27. The summed E-state index contributed by atoms with van der Waals surface area (Å²) in [6.45, 7) is 2.86. The van der Waals surface area contributed by atoms with Gasteiger partial charge >= 0.3 is 0 Å². The van der Waals surface area contributed by atoms with Crippen LogP contribution < -0.4 is 10.1 Å². The predicted molar refractivity (Wildman–Crippen MR) is 77.8 cm³/mol. The minimum absolute atomic E-state index is 0.0121. The van der Waals surface area contributed by atoms with Crippen LogP contribution in [0.2, 0.25) is 0 Å². The van der Waals surface area contributed by atoms with Gasteiger partial charge in [0.05, 0.1) is 13.5 Å². The van der Waals surface area contributed by atoms with E-state index in [2.05, 4.69) is 5.32 Å². The molecule has 1 aromatic rings. The Morgan fingerprint density at radius 2 is 2.20 bits per heavy atom. The number of ether oxygens (including phenoxy) is 1. The number of carbonyl (C=O) groups excluding carboxylic acids is 1. The average molecular weight is 277 g/mol. The zero-order valence-corrected chi connectivity index (χ0v) is 12.2. The van der Waals surface area contributed by atoms with Gasteiger partial charge in [0.2, 0.25) is 5.91 Å². The minimum Gasteiger partial charge on any atom is -0.496 e. The largest absolute Gasteiger partial charge is 0.496 e. The Labute approximate surface area is 120 Å². The van der Waals surface area contributed by atoms with E-state index < -0.39 is 0 Å². The first-order valence-corrected chi connectivity index (χ1v) is 7.10. The number of nitrogens with one attached hydrogen (secondary N) is 1. The lowest BCUT2D eigenvalue weighted by atomic mass is 10.0. The van der Waals surface area contributed by atoms with E-state index in [-0.39, 0.29) is 17.9 Å². The Hall–Kier alpha value is -1.55. The summed E-state index contributed by atoms with van der Waals surface area (Å²) in [5, 5.41) is 12.0. The van der Waals surface area contributed by atoms with Crippen LogP contribution in [0.3, 0.4) is 0 Å². The number of rotatable bonds is 7. The maximum absolute atomic E-state index is 12.0. The molecular weight excluding hydrogens is 254 g/mol. The Kier molecular flexibility index (Phi) is 4.65. The third kappa shape index (κ3) is 3.73. The Morgan fingerprint density at radius 1 is 1.45 bits per heavy atom. The Morgan fingerprint density at radius 3 is 2.80 bits per heavy atom. The molecule has 2 rings (SSSR count). The van der Waals surface area contributed by atoms with Crippen molar-refractivity contribution in [3.05, 3.63) is 29.3 Å². The van der Waals surface area contributed by atoms with Crippen molar-refractivity contribution >= 4 is 5.91 Å². The molecule has 0 saturated heterocycles. The highest BCUT2D eigenvalue weighted by Crippen LogP contribution is 2.47. The smallest absolute Gasteiger partial charge is 0.224 e. The monoisotopic (exact) mass is 277 g/mol. The van der Waals surface area contributed by atoms with Crippen LogP contribution in [0.4, 0.5) is 0 Å². The van der Waals surface area contributed by atoms with Gasteiger partial charge in [-0.25, -0.2) is 0 Å². The van der Waals surface area contributed by atoms with Gasteiger partial charge in [-0.05, 0) is 37.7 Å². The standard InChI is InChI=1S/C16H23NO3/c1-12-3-4-14(20-2)13(9-12)10-15(19)17-11-16(5-6-16)7-8-18/h3-4,9,18H,5-8,10-11H2,1-2H3,(H,17,19). The molecular formula is C16H23NO3. The van der Waals surface area contributed by atoms with Crippen LogP contribution in [0.15, 0.2) is 18.2 Å². The van der Waals surface area contributed by atoms with E-state index in [9.17, 15) is 4.79 Å². The van der Waals surface area contributed by atoms with Gasteiger partial charge in [-0.3, -0.25) is 4.79 Å². The maximum atomic E-state index is 12.0. The molecule has 20 heavy (non-hydrogen) atoms. The first kappa shape index (κ1) is 14.9. The fourth-order valence-electron chi connectivity index (χ4n) is 2.50. The first-order chi connectivity index (χ1) is 9.58. The lowest BCUT2D eigenvalue weighted by molar-refractivity contribution is -0.120. The van der Waals surface area contributed by atoms with Crippen LogP contribution >= 0.6 is 0 Å². The van der Waals surface area contributed by atoms with Crippen LogP contribution in [0, 0.1) is 12.3 Å². The fourth-order valence-corrected chi connectivity index (χ4v) is 2.50. The highest BCUT2D eigenvalue weighted by Gasteiger charge is 2.41. The van der Waals surface area contributed by atoms with Crippen molar-refractivity contribution in [1.29, 1.82) is 0 Å². The summed E-state index contributed by atoms with van der Waals surface area (Å²) in [6, 6.07) is 5.85. The van der Waals surface area contributed by atoms with E-state index in [4.69, 9.17) is 9.84 Å². The van der Waals surface area contributed by atoms with Crippen LogP contribution in [-0.4, -0.2) is 31.3 Å². The molecule has 4 nitrogen and oxygen atoms in total. The molecule has 0 aliphatic heterocycles. The molecule has 1 aliphatic carbocycles. The average Bonchev–Trinajstić information content (AvgIpc) is 3.18. The molecule has 1 saturated carbocycles. The molecule has 0 unspecified atom stereocenters. The summed E-state index contributed by atoms with van der Waals surface area (Å²) in [7, 11) is 1.62. The molecule has 0 aromatic heterocycles. The number of hydrogen-bond acceptors (Lipinski definition) is 3. The summed E-state index contributed by atoms with van der Waals surface area (Å²) < 4.78 is 5.28. The predicted octanol–water partition coefficient (Wildman–Crippen LogP) is 1.82. The summed E-state index contributed by atoms with van der Waals surface area (Å²) in [6.07, 6.45) is 3.31. The van der Waals surface area contributed by atoms with E-state index in [0.29, 0.717) is 13.0 Å².